The van der Waals surface area contributed by atoms with E-state index in [1.54, 1.807) is 12.1 Å². The maximum absolute atomic E-state index is 11.8. The minimum atomic E-state index is -1.41. The predicted octanol–water partition coefficient (Wildman–Crippen LogP) is 3.89. The normalized spacial score (nSPS) is 10.0. The molecule has 0 bridgehead atoms. The fourth-order valence-corrected chi connectivity index (χ4v) is 2.73. The average molecular weight is 391 g/mol. The number of carbonyl (C=O) groups excluding carboxylic acids is 2. The van der Waals surface area contributed by atoms with E-state index in [-0.39, 0.29) is 11.1 Å². The van der Waals surface area contributed by atoms with Crippen LogP contribution in [0.15, 0.2) is 42.5 Å². The Bertz CT molecular complexity index is 973. The Labute approximate surface area is 166 Å². The summed E-state index contributed by atoms with van der Waals surface area (Å²) >= 11 is 0. The van der Waals surface area contributed by atoms with E-state index in [9.17, 15) is 9.59 Å². The van der Waals surface area contributed by atoms with Crippen LogP contribution in [0.2, 0.25) is 19.6 Å². The lowest BCUT2D eigenvalue weighted by Crippen LogP contribution is -2.16. The molecule has 28 heavy (non-hydrogen) atoms. The largest absolute Gasteiger partial charge is 0.465 e. The van der Waals surface area contributed by atoms with Crippen molar-refractivity contribution in [1.29, 1.82) is 0 Å². The first kappa shape index (κ1) is 21.0. The van der Waals surface area contributed by atoms with Crippen LogP contribution in [0.25, 0.3) is 0 Å². The SMILES string of the molecule is COC(=O)c1cc(C#Cc2ccc(C#C[Si](C)(C)C)cc2)cc(C(=O)OC)c1. The second kappa shape index (κ2) is 9.08. The molecule has 0 heterocycles. The monoisotopic (exact) mass is 390 g/mol. The summed E-state index contributed by atoms with van der Waals surface area (Å²) in [5, 5.41) is 0. The minimum Gasteiger partial charge on any atom is -0.465 e. The molecule has 2 aromatic rings. The molecule has 0 N–H and O–H groups in total. The van der Waals surface area contributed by atoms with E-state index in [1.807, 2.05) is 24.3 Å². The van der Waals surface area contributed by atoms with Gasteiger partial charge in [0.15, 0.2) is 0 Å². The number of benzene rings is 2. The molecule has 2 rings (SSSR count). The second-order valence-electron chi connectivity index (χ2n) is 7.11. The standard InChI is InChI=1S/C23H22O4Si/c1-26-22(24)20-14-19(15-21(16-20)23(25)27-2)11-10-17-6-8-18(9-7-17)12-13-28(3,4)5/h6-9,14-16H,1-5H3. The molecule has 2 aromatic carbocycles. The first-order chi connectivity index (χ1) is 13.2. The number of hydrogen-bond donors (Lipinski definition) is 0. The molecular formula is C23H22O4Si. The highest BCUT2D eigenvalue weighted by Crippen LogP contribution is 2.13. The summed E-state index contributed by atoms with van der Waals surface area (Å²) in [5.41, 5.74) is 6.09. The van der Waals surface area contributed by atoms with Crippen LogP contribution in [0.1, 0.15) is 37.4 Å². The molecule has 0 atom stereocenters. The molecule has 0 fully saturated rings. The fraction of sp³-hybridized carbons (Fsp3) is 0.217. The van der Waals surface area contributed by atoms with Gasteiger partial charge in [0.25, 0.3) is 0 Å². The van der Waals surface area contributed by atoms with Gasteiger partial charge in [-0.2, -0.15) is 0 Å². The fourth-order valence-electron chi connectivity index (χ4n) is 2.21. The molecule has 0 aliphatic rings. The first-order valence-electron chi connectivity index (χ1n) is 8.69. The Kier molecular flexibility index (Phi) is 6.82. The Morgan fingerprint density at radius 1 is 0.714 bits per heavy atom. The summed E-state index contributed by atoms with van der Waals surface area (Å²) in [6.07, 6.45) is 0. The van der Waals surface area contributed by atoms with Crippen LogP contribution in [0.5, 0.6) is 0 Å². The van der Waals surface area contributed by atoms with Crippen molar-refractivity contribution >= 4 is 20.0 Å². The van der Waals surface area contributed by atoms with Gasteiger partial charge in [-0.15, -0.1) is 5.54 Å². The van der Waals surface area contributed by atoms with Gasteiger partial charge in [-0.3, -0.25) is 0 Å². The zero-order valence-corrected chi connectivity index (χ0v) is 17.7. The number of carbonyl (C=O) groups is 2. The van der Waals surface area contributed by atoms with Crippen molar-refractivity contribution in [1.82, 2.24) is 0 Å². The van der Waals surface area contributed by atoms with Crippen LogP contribution in [0.3, 0.4) is 0 Å². The zero-order chi connectivity index (χ0) is 20.7. The van der Waals surface area contributed by atoms with E-state index in [0.29, 0.717) is 5.56 Å². The summed E-state index contributed by atoms with van der Waals surface area (Å²) in [7, 11) is 1.15. The van der Waals surface area contributed by atoms with Crippen molar-refractivity contribution in [2.24, 2.45) is 0 Å². The highest BCUT2D eigenvalue weighted by atomic mass is 28.3. The van der Waals surface area contributed by atoms with Gasteiger partial charge in [0, 0.05) is 16.7 Å². The third kappa shape index (κ3) is 6.16. The van der Waals surface area contributed by atoms with E-state index in [1.165, 1.54) is 20.3 Å². The van der Waals surface area contributed by atoms with Gasteiger partial charge in [0.05, 0.1) is 25.3 Å². The maximum Gasteiger partial charge on any atom is 0.337 e. The van der Waals surface area contributed by atoms with E-state index < -0.39 is 20.0 Å². The number of esters is 2. The Morgan fingerprint density at radius 3 is 1.57 bits per heavy atom. The smallest absolute Gasteiger partial charge is 0.337 e. The van der Waals surface area contributed by atoms with Crippen molar-refractivity contribution in [3.05, 3.63) is 70.3 Å². The van der Waals surface area contributed by atoms with E-state index in [4.69, 9.17) is 9.47 Å². The quantitative estimate of drug-likeness (QED) is 0.444. The van der Waals surface area contributed by atoms with Crippen LogP contribution >= 0.6 is 0 Å². The van der Waals surface area contributed by atoms with Crippen LogP contribution in [0.4, 0.5) is 0 Å². The van der Waals surface area contributed by atoms with Gasteiger partial charge in [-0.05, 0) is 42.5 Å². The van der Waals surface area contributed by atoms with Crippen LogP contribution in [-0.2, 0) is 9.47 Å². The highest BCUT2D eigenvalue weighted by molar-refractivity contribution is 6.83. The first-order valence-corrected chi connectivity index (χ1v) is 12.2. The summed E-state index contributed by atoms with van der Waals surface area (Å²) in [6.45, 7) is 6.60. The molecule has 0 saturated carbocycles. The zero-order valence-electron chi connectivity index (χ0n) is 16.7. The van der Waals surface area contributed by atoms with Crippen LogP contribution < -0.4 is 0 Å². The van der Waals surface area contributed by atoms with Crippen LogP contribution in [0, 0.1) is 23.3 Å². The average Bonchev–Trinajstić information content (AvgIpc) is 2.69. The van der Waals surface area contributed by atoms with Crippen molar-refractivity contribution in [3.63, 3.8) is 0 Å². The van der Waals surface area contributed by atoms with Crippen molar-refractivity contribution in [2.75, 3.05) is 14.2 Å². The molecular weight excluding hydrogens is 368 g/mol. The summed E-state index contributed by atoms with van der Waals surface area (Å²) in [5.74, 6) is 8.13. The number of ether oxygens (including phenoxy) is 2. The van der Waals surface area contributed by atoms with Crippen molar-refractivity contribution < 1.29 is 19.1 Å². The van der Waals surface area contributed by atoms with E-state index >= 15 is 0 Å². The summed E-state index contributed by atoms with van der Waals surface area (Å²) in [4.78, 5) is 23.7. The van der Waals surface area contributed by atoms with Gasteiger partial charge in [0.2, 0.25) is 0 Å². The molecule has 0 spiro atoms. The summed E-state index contributed by atoms with van der Waals surface area (Å²) in [6, 6.07) is 12.2. The van der Waals surface area contributed by atoms with Crippen LogP contribution in [-0.4, -0.2) is 34.2 Å². The third-order valence-electron chi connectivity index (χ3n) is 3.59. The lowest BCUT2D eigenvalue weighted by Gasteiger charge is -2.04. The van der Waals surface area contributed by atoms with Crippen molar-refractivity contribution in [2.45, 2.75) is 19.6 Å². The lowest BCUT2D eigenvalue weighted by atomic mass is 10.1. The molecule has 0 amide bonds. The minimum absolute atomic E-state index is 0.242. The van der Waals surface area contributed by atoms with Gasteiger partial charge in [-0.25, -0.2) is 9.59 Å². The van der Waals surface area contributed by atoms with Gasteiger partial charge in [-0.1, -0.05) is 37.4 Å². The topological polar surface area (TPSA) is 52.6 Å². The maximum atomic E-state index is 11.8. The number of methoxy groups -OCH3 is 2. The van der Waals surface area contributed by atoms with Gasteiger partial charge < -0.3 is 9.47 Å². The predicted molar refractivity (Wildman–Crippen MR) is 112 cm³/mol. The lowest BCUT2D eigenvalue weighted by molar-refractivity contribution is 0.0599. The van der Waals surface area contributed by atoms with Gasteiger partial charge >= 0.3 is 11.9 Å². The molecule has 0 unspecified atom stereocenters. The molecule has 5 heteroatoms. The Morgan fingerprint density at radius 2 is 1.14 bits per heavy atom. The molecule has 0 radical (unpaired) electrons. The number of hydrogen-bond acceptors (Lipinski definition) is 4. The molecule has 142 valence electrons. The summed E-state index contributed by atoms with van der Waals surface area (Å²) < 4.78 is 9.47. The third-order valence-corrected chi connectivity index (χ3v) is 4.47. The van der Waals surface area contributed by atoms with E-state index in [2.05, 4.69) is 42.9 Å². The molecule has 0 aromatic heterocycles. The molecule has 0 aliphatic heterocycles. The van der Waals surface area contributed by atoms with Gasteiger partial charge in [0.1, 0.15) is 8.07 Å². The Hall–Kier alpha value is -3.28. The van der Waals surface area contributed by atoms with Crippen molar-refractivity contribution in [3.8, 4) is 23.3 Å². The molecule has 4 nitrogen and oxygen atoms in total. The second-order valence-corrected chi connectivity index (χ2v) is 11.9. The Balaban J connectivity index is 2.33. The highest BCUT2D eigenvalue weighted by Gasteiger charge is 2.13. The molecule has 0 aliphatic carbocycles. The molecule has 0 saturated heterocycles. The number of rotatable bonds is 2. The van der Waals surface area contributed by atoms with E-state index in [0.717, 1.165) is 11.1 Å².